The van der Waals surface area contributed by atoms with Crippen LogP contribution in [0.4, 0.5) is 0 Å². The minimum absolute atomic E-state index is 0.256. The lowest BCUT2D eigenvalue weighted by atomic mass is 10.0. The number of unbranched alkanes of at least 4 members (excludes halogenated alkanes) is 12. The van der Waals surface area contributed by atoms with Gasteiger partial charge in [-0.1, -0.05) is 138 Å². The average molecular weight is 909 g/mol. The molecule has 0 saturated carbocycles. The van der Waals surface area contributed by atoms with Crippen LogP contribution < -0.4 is 9.47 Å². The first kappa shape index (κ1) is 51.7. The minimum atomic E-state index is -0.431. The first-order valence-corrected chi connectivity index (χ1v) is 24.4. The van der Waals surface area contributed by atoms with Gasteiger partial charge in [0.2, 0.25) is 0 Å². The van der Waals surface area contributed by atoms with Crippen LogP contribution >= 0.6 is 0 Å². The standard InChI is InChI=1S/C60H64N2O6/c1-5-9-11-13-15-17-19-39-67-57-43-54(34-30-50-32-36-56(60(64)66-8-4)42-52(50)28-26-48-24-22-38-62-46-48)58(68-40-20-18-16-14-12-10-6-2)44-53(57)33-29-49-31-35-55(59(63)65-7-3)41-51(49)27-25-47-23-21-37-61-45-47/h21-24,31-32,35-38,41-46H,5-20,39-40H2,1-4H3. The molecule has 2 heterocycles. The second kappa shape index (κ2) is 30.1. The fraction of sp³-hybridized carbons (Fsp3) is 0.367. The lowest BCUT2D eigenvalue weighted by molar-refractivity contribution is 0.0516. The summed E-state index contributed by atoms with van der Waals surface area (Å²) in [6, 6.07) is 21.7. The number of carbonyl (C=O) groups is 2. The Labute approximate surface area is 405 Å². The van der Waals surface area contributed by atoms with Gasteiger partial charge in [0.15, 0.2) is 0 Å². The zero-order valence-electron chi connectivity index (χ0n) is 40.3. The average Bonchev–Trinajstić information content (AvgIpc) is 3.36. The van der Waals surface area contributed by atoms with Gasteiger partial charge in [0, 0.05) is 70.3 Å². The van der Waals surface area contributed by atoms with Gasteiger partial charge in [-0.15, -0.1) is 0 Å². The van der Waals surface area contributed by atoms with Gasteiger partial charge in [0.25, 0.3) is 0 Å². The van der Waals surface area contributed by atoms with Gasteiger partial charge >= 0.3 is 11.9 Å². The maximum atomic E-state index is 12.8. The molecule has 0 saturated heterocycles. The first-order valence-electron chi connectivity index (χ1n) is 24.4. The number of nitrogens with zero attached hydrogens (tertiary/aromatic N) is 2. The van der Waals surface area contributed by atoms with Crippen LogP contribution in [0.15, 0.2) is 97.6 Å². The Kier molecular flexibility index (Phi) is 22.9. The van der Waals surface area contributed by atoms with E-state index in [0.717, 1.165) is 49.7 Å². The van der Waals surface area contributed by atoms with E-state index < -0.39 is 11.9 Å². The zero-order chi connectivity index (χ0) is 48.0. The Morgan fingerprint density at radius 2 is 0.809 bits per heavy atom. The van der Waals surface area contributed by atoms with E-state index in [9.17, 15) is 9.59 Å². The molecule has 0 unspecified atom stereocenters. The quantitative estimate of drug-likeness (QED) is 0.0385. The SMILES string of the molecule is CCCCCCCCCOc1cc(C#Cc2ccc(C(=O)OCC)cc2C#Cc2cccnc2)c(OCCCCCCCCC)cc1C#Cc1ccc(C(=O)OCC)cc1C#Cc1cccnc1. The maximum absolute atomic E-state index is 12.8. The lowest BCUT2D eigenvalue weighted by Gasteiger charge is -2.14. The van der Waals surface area contributed by atoms with Crippen molar-refractivity contribution in [2.45, 2.75) is 118 Å². The fourth-order valence-corrected chi connectivity index (χ4v) is 7.09. The third-order valence-corrected chi connectivity index (χ3v) is 10.8. The molecule has 5 aromatic rings. The van der Waals surface area contributed by atoms with E-state index >= 15 is 0 Å². The number of hydrogen-bond donors (Lipinski definition) is 0. The Morgan fingerprint density at radius 3 is 1.19 bits per heavy atom. The van der Waals surface area contributed by atoms with Crippen molar-refractivity contribution in [3.8, 4) is 58.9 Å². The largest absolute Gasteiger partial charge is 0.492 e. The molecular formula is C60H64N2O6. The molecule has 8 heteroatoms. The number of ether oxygens (including phenoxy) is 4. The molecule has 68 heavy (non-hydrogen) atoms. The van der Waals surface area contributed by atoms with Crippen molar-refractivity contribution in [2.75, 3.05) is 26.4 Å². The molecule has 0 bridgehead atoms. The maximum Gasteiger partial charge on any atom is 0.338 e. The number of aromatic nitrogens is 2. The molecule has 0 spiro atoms. The molecule has 0 fully saturated rings. The summed E-state index contributed by atoms with van der Waals surface area (Å²) in [6.45, 7) is 9.54. The highest BCUT2D eigenvalue weighted by molar-refractivity contribution is 5.91. The smallest absolute Gasteiger partial charge is 0.338 e. The van der Waals surface area contributed by atoms with Crippen molar-refractivity contribution in [3.05, 3.63) is 153 Å². The van der Waals surface area contributed by atoms with Gasteiger partial charge < -0.3 is 18.9 Å². The summed E-state index contributed by atoms with van der Waals surface area (Å²) in [5, 5.41) is 0. The van der Waals surface area contributed by atoms with Gasteiger partial charge in [-0.25, -0.2) is 9.59 Å². The number of hydrogen-bond acceptors (Lipinski definition) is 8. The summed E-state index contributed by atoms with van der Waals surface area (Å²) in [5.74, 6) is 26.5. The predicted octanol–water partition coefficient (Wildman–Crippen LogP) is 12.7. The van der Waals surface area contributed by atoms with E-state index in [1.54, 1.807) is 75.0 Å². The molecule has 0 radical (unpaired) electrons. The van der Waals surface area contributed by atoms with Crippen LogP contribution in [0, 0.1) is 47.4 Å². The number of pyridine rings is 2. The number of benzene rings is 3. The molecule has 0 amide bonds. The fourth-order valence-electron chi connectivity index (χ4n) is 7.09. The summed E-state index contributed by atoms with van der Waals surface area (Å²) < 4.78 is 23.8. The molecule has 0 aliphatic heterocycles. The summed E-state index contributed by atoms with van der Waals surface area (Å²) in [7, 11) is 0. The van der Waals surface area contributed by atoms with Gasteiger partial charge in [-0.2, -0.15) is 0 Å². The highest BCUT2D eigenvalue weighted by atomic mass is 16.5. The molecule has 0 N–H and O–H groups in total. The topological polar surface area (TPSA) is 96.8 Å². The van der Waals surface area contributed by atoms with E-state index in [0.29, 0.717) is 69.2 Å². The van der Waals surface area contributed by atoms with Crippen molar-refractivity contribution >= 4 is 11.9 Å². The predicted molar refractivity (Wildman–Crippen MR) is 271 cm³/mol. The number of carbonyl (C=O) groups excluding carboxylic acids is 2. The molecule has 0 atom stereocenters. The van der Waals surface area contributed by atoms with Gasteiger partial charge in [0.1, 0.15) is 11.5 Å². The summed E-state index contributed by atoms with van der Waals surface area (Å²) in [4.78, 5) is 34.0. The van der Waals surface area contributed by atoms with Gasteiger partial charge in [-0.3, -0.25) is 9.97 Å². The van der Waals surface area contributed by atoms with Crippen molar-refractivity contribution in [2.24, 2.45) is 0 Å². The second-order valence-corrected chi connectivity index (χ2v) is 16.2. The van der Waals surface area contributed by atoms with E-state index in [1.807, 2.05) is 36.4 Å². The number of rotatable bonds is 22. The van der Waals surface area contributed by atoms with E-state index in [2.05, 4.69) is 71.2 Å². The van der Waals surface area contributed by atoms with E-state index in [-0.39, 0.29) is 13.2 Å². The van der Waals surface area contributed by atoms with Crippen LogP contribution in [-0.2, 0) is 9.47 Å². The van der Waals surface area contributed by atoms with Crippen LogP contribution in [0.2, 0.25) is 0 Å². The molecule has 8 nitrogen and oxygen atoms in total. The Bertz CT molecular complexity index is 2460. The summed E-state index contributed by atoms with van der Waals surface area (Å²) in [6.07, 6.45) is 22.9. The highest BCUT2D eigenvalue weighted by Gasteiger charge is 2.14. The molecule has 0 aliphatic rings. The van der Waals surface area contributed by atoms with Crippen LogP contribution in [0.25, 0.3) is 0 Å². The Morgan fingerprint density at radius 1 is 0.426 bits per heavy atom. The van der Waals surface area contributed by atoms with Gasteiger partial charge in [-0.05, 0) is 87.4 Å². The minimum Gasteiger partial charge on any atom is -0.492 e. The molecule has 5 rings (SSSR count). The molecule has 3 aromatic carbocycles. The molecular weight excluding hydrogens is 845 g/mol. The van der Waals surface area contributed by atoms with Crippen LogP contribution in [0.5, 0.6) is 11.5 Å². The van der Waals surface area contributed by atoms with Crippen LogP contribution in [-0.4, -0.2) is 48.3 Å². The molecule has 350 valence electrons. The van der Waals surface area contributed by atoms with Gasteiger partial charge in [0.05, 0.1) is 48.7 Å². The molecule has 0 aliphatic carbocycles. The zero-order valence-corrected chi connectivity index (χ0v) is 40.3. The first-order chi connectivity index (χ1) is 33.4. The third-order valence-electron chi connectivity index (χ3n) is 10.8. The third kappa shape index (κ3) is 17.9. The van der Waals surface area contributed by atoms with Crippen molar-refractivity contribution in [1.82, 2.24) is 9.97 Å². The lowest BCUT2D eigenvalue weighted by Crippen LogP contribution is -2.05. The highest BCUT2D eigenvalue weighted by Crippen LogP contribution is 2.30. The monoisotopic (exact) mass is 908 g/mol. The normalized spacial score (nSPS) is 10.2. The second-order valence-electron chi connectivity index (χ2n) is 16.2. The van der Waals surface area contributed by atoms with Crippen molar-refractivity contribution < 1.29 is 28.5 Å². The Balaban J connectivity index is 1.59. The van der Waals surface area contributed by atoms with E-state index in [4.69, 9.17) is 18.9 Å². The summed E-state index contributed by atoms with van der Waals surface area (Å²) >= 11 is 0. The van der Waals surface area contributed by atoms with Crippen LogP contribution in [0.1, 0.15) is 183 Å². The van der Waals surface area contributed by atoms with Crippen molar-refractivity contribution in [3.63, 3.8) is 0 Å². The van der Waals surface area contributed by atoms with Crippen molar-refractivity contribution in [1.29, 1.82) is 0 Å². The van der Waals surface area contributed by atoms with Crippen LogP contribution in [0.3, 0.4) is 0 Å². The number of esters is 2. The Hall–Kier alpha value is -7.26. The molecule has 2 aromatic heterocycles. The van der Waals surface area contributed by atoms with E-state index in [1.165, 1.54) is 51.4 Å². The summed E-state index contributed by atoms with van der Waals surface area (Å²) in [5.41, 5.74) is 5.92.